The summed E-state index contributed by atoms with van der Waals surface area (Å²) in [7, 11) is 0. The van der Waals surface area contributed by atoms with Gasteiger partial charge in [-0.2, -0.15) is 0 Å². The number of benzene rings is 2. The van der Waals surface area contributed by atoms with E-state index in [-0.39, 0.29) is 0 Å². The van der Waals surface area contributed by atoms with Gasteiger partial charge in [-0.3, -0.25) is 0 Å². The highest BCUT2D eigenvalue weighted by Crippen LogP contribution is 2.33. The molecular weight excluding hydrogens is 244 g/mol. The van der Waals surface area contributed by atoms with Crippen LogP contribution in [0.2, 0.25) is 0 Å². The van der Waals surface area contributed by atoms with E-state index in [1.807, 2.05) is 0 Å². The van der Waals surface area contributed by atoms with Gasteiger partial charge in [-0.25, -0.2) is 0 Å². The summed E-state index contributed by atoms with van der Waals surface area (Å²) in [6, 6.07) is 19.8. The highest BCUT2D eigenvalue weighted by atomic mass is 15.2. The zero-order valence-electron chi connectivity index (χ0n) is 12.0. The Morgan fingerprint density at radius 2 is 1.75 bits per heavy atom. The minimum absolute atomic E-state index is 0.362. The number of nitrogens with zero attached hydrogens (tertiary/aromatic N) is 1. The van der Waals surface area contributed by atoms with Gasteiger partial charge < -0.3 is 10.6 Å². The molecule has 104 valence electrons. The molecule has 0 amide bonds. The van der Waals surface area contributed by atoms with Gasteiger partial charge in [-0.1, -0.05) is 55.5 Å². The summed E-state index contributed by atoms with van der Waals surface area (Å²) < 4.78 is 0. The molecule has 2 N–H and O–H groups in total. The van der Waals surface area contributed by atoms with E-state index in [0.29, 0.717) is 18.5 Å². The SMILES string of the molecule is CC(c1ccccc1)C(CN)N1CCc2ccccc21. The molecule has 3 rings (SSSR count). The van der Waals surface area contributed by atoms with Crippen molar-refractivity contribution in [2.45, 2.75) is 25.3 Å². The Morgan fingerprint density at radius 3 is 2.50 bits per heavy atom. The van der Waals surface area contributed by atoms with E-state index in [9.17, 15) is 0 Å². The Bertz CT molecular complexity index is 565. The van der Waals surface area contributed by atoms with E-state index in [2.05, 4.69) is 66.4 Å². The zero-order valence-corrected chi connectivity index (χ0v) is 12.0. The topological polar surface area (TPSA) is 29.3 Å². The van der Waals surface area contributed by atoms with E-state index in [1.54, 1.807) is 0 Å². The first-order valence-corrected chi connectivity index (χ1v) is 7.41. The first kappa shape index (κ1) is 13.2. The van der Waals surface area contributed by atoms with E-state index in [4.69, 9.17) is 5.73 Å². The minimum atomic E-state index is 0.362. The van der Waals surface area contributed by atoms with E-state index < -0.39 is 0 Å². The van der Waals surface area contributed by atoms with E-state index >= 15 is 0 Å². The van der Waals surface area contributed by atoms with Crippen LogP contribution in [0.3, 0.4) is 0 Å². The normalized spacial score (nSPS) is 16.8. The first-order chi connectivity index (χ1) is 9.81. The molecule has 0 aliphatic carbocycles. The van der Waals surface area contributed by atoms with Crippen molar-refractivity contribution >= 4 is 5.69 Å². The van der Waals surface area contributed by atoms with Crippen LogP contribution in [0.25, 0.3) is 0 Å². The largest absolute Gasteiger partial charge is 0.366 e. The molecule has 2 atom stereocenters. The van der Waals surface area contributed by atoms with Gasteiger partial charge in [0.2, 0.25) is 0 Å². The molecule has 0 bridgehead atoms. The average molecular weight is 266 g/mol. The summed E-state index contributed by atoms with van der Waals surface area (Å²) >= 11 is 0. The van der Waals surface area contributed by atoms with Crippen molar-refractivity contribution < 1.29 is 0 Å². The van der Waals surface area contributed by atoms with Crippen molar-refractivity contribution in [3.63, 3.8) is 0 Å². The lowest BCUT2D eigenvalue weighted by atomic mass is 9.92. The third kappa shape index (κ3) is 2.32. The van der Waals surface area contributed by atoms with Crippen LogP contribution in [0.5, 0.6) is 0 Å². The quantitative estimate of drug-likeness (QED) is 0.921. The lowest BCUT2D eigenvalue weighted by molar-refractivity contribution is 0.531. The van der Waals surface area contributed by atoms with Crippen molar-refractivity contribution in [1.82, 2.24) is 0 Å². The number of fused-ring (bicyclic) bond motifs is 1. The molecule has 1 heterocycles. The molecule has 2 aromatic carbocycles. The molecule has 0 aromatic heterocycles. The second-order valence-electron chi connectivity index (χ2n) is 5.57. The fourth-order valence-electron chi connectivity index (χ4n) is 3.29. The van der Waals surface area contributed by atoms with Crippen molar-refractivity contribution in [2.75, 3.05) is 18.0 Å². The number of rotatable bonds is 4. The Labute approximate surface area is 121 Å². The monoisotopic (exact) mass is 266 g/mol. The van der Waals surface area contributed by atoms with Crippen LogP contribution in [0.4, 0.5) is 5.69 Å². The second kappa shape index (κ2) is 5.68. The van der Waals surface area contributed by atoms with Crippen molar-refractivity contribution in [3.05, 3.63) is 65.7 Å². The molecule has 20 heavy (non-hydrogen) atoms. The summed E-state index contributed by atoms with van der Waals surface area (Å²) in [6.07, 6.45) is 1.13. The number of hydrogen-bond donors (Lipinski definition) is 1. The van der Waals surface area contributed by atoms with Gasteiger partial charge >= 0.3 is 0 Å². The van der Waals surface area contributed by atoms with Crippen LogP contribution in [0.15, 0.2) is 54.6 Å². The third-order valence-corrected chi connectivity index (χ3v) is 4.47. The Morgan fingerprint density at radius 1 is 1.05 bits per heavy atom. The molecule has 0 spiro atoms. The summed E-state index contributed by atoms with van der Waals surface area (Å²) in [5.74, 6) is 0.437. The maximum atomic E-state index is 6.11. The fourth-order valence-corrected chi connectivity index (χ4v) is 3.29. The fraction of sp³-hybridized carbons (Fsp3) is 0.333. The Kier molecular flexibility index (Phi) is 3.75. The molecule has 0 saturated heterocycles. The Hall–Kier alpha value is -1.80. The van der Waals surface area contributed by atoms with E-state index in [0.717, 1.165) is 13.0 Å². The number of hydrogen-bond acceptors (Lipinski definition) is 2. The predicted molar refractivity (Wildman–Crippen MR) is 85.2 cm³/mol. The smallest absolute Gasteiger partial charge is 0.0478 e. The number of para-hydroxylation sites is 1. The molecule has 1 aliphatic rings. The highest BCUT2D eigenvalue weighted by Gasteiger charge is 2.29. The van der Waals surface area contributed by atoms with Gasteiger partial charge in [0.05, 0.1) is 0 Å². The molecular formula is C18H22N2. The molecule has 1 aliphatic heterocycles. The third-order valence-electron chi connectivity index (χ3n) is 4.47. The number of nitrogens with two attached hydrogens (primary N) is 1. The van der Waals surface area contributed by atoms with Gasteiger partial charge in [0.1, 0.15) is 0 Å². The number of anilines is 1. The molecule has 2 nitrogen and oxygen atoms in total. The van der Waals surface area contributed by atoms with Crippen LogP contribution in [-0.4, -0.2) is 19.1 Å². The lowest BCUT2D eigenvalue weighted by Crippen LogP contribution is -2.43. The maximum absolute atomic E-state index is 6.11. The second-order valence-corrected chi connectivity index (χ2v) is 5.57. The molecule has 2 heteroatoms. The van der Waals surface area contributed by atoms with Gasteiger partial charge in [-0.15, -0.1) is 0 Å². The Balaban J connectivity index is 1.88. The predicted octanol–water partition coefficient (Wildman–Crippen LogP) is 3.18. The summed E-state index contributed by atoms with van der Waals surface area (Å²) in [6.45, 7) is 4.05. The van der Waals surface area contributed by atoms with Gasteiger partial charge in [0, 0.05) is 30.7 Å². The van der Waals surface area contributed by atoms with Gasteiger partial charge in [0.15, 0.2) is 0 Å². The van der Waals surface area contributed by atoms with Crippen LogP contribution >= 0.6 is 0 Å². The van der Waals surface area contributed by atoms with Crippen LogP contribution in [0.1, 0.15) is 24.0 Å². The minimum Gasteiger partial charge on any atom is -0.366 e. The summed E-state index contributed by atoms with van der Waals surface area (Å²) in [4.78, 5) is 2.49. The average Bonchev–Trinajstić information content (AvgIpc) is 2.93. The van der Waals surface area contributed by atoms with Crippen molar-refractivity contribution in [2.24, 2.45) is 5.73 Å². The van der Waals surface area contributed by atoms with Gasteiger partial charge in [0.25, 0.3) is 0 Å². The van der Waals surface area contributed by atoms with Crippen LogP contribution < -0.4 is 10.6 Å². The molecule has 0 fully saturated rings. The molecule has 0 saturated carbocycles. The van der Waals surface area contributed by atoms with E-state index in [1.165, 1.54) is 16.8 Å². The summed E-state index contributed by atoms with van der Waals surface area (Å²) in [5.41, 5.74) is 10.3. The zero-order chi connectivity index (χ0) is 13.9. The maximum Gasteiger partial charge on any atom is 0.0478 e. The standard InChI is InChI=1S/C18H22N2/c1-14(15-7-3-2-4-8-15)18(13-19)20-12-11-16-9-5-6-10-17(16)20/h2-10,14,18H,11-13,19H2,1H3. The first-order valence-electron chi connectivity index (χ1n) is 7.41. The lowest BCUT2D eigenvalue weighted by Gasteiger charge is -2.34. The van der Waals surface area contributed by atoms with Crippen molar-refractivity contribution in [1.29, 1.82) is 0 Å². The van der Waals surface area contributed by atoms with Crippen molar-refractivity contribution in [3.8, 4) is 0 Å². The van der Waals surface area contributed by atoms with Gasteiger partial charge in [-0.05, 0) is 23.6 Å². The summed E-state index contributed by atoms with van der Waals surface area (Å²) in [5, 5.41) is 0. The van der Waals surface area contributed by atoms with Crippen LogP contribution in [0, 0.1) is 0 Å². The highest BCUT2D eigenvalue weighted by molar-refractivity contribution is 5.59. The molecule has 2 unspecified atom stereocenters. The molecule has 0 radical (unpaired) electrons. The van der Waals surface area contributed by atoms with Crippen LogP contribution in [-0.2, 0) is 6.42 Å². The molecule has 2 aromatic rings.